The van der Waals surface area contributed by atoms with Crippen LogP contribution in [0.3, 0.4) is 0 Å². The first-order valence-electron chi connectivity index (χ1n) is 12.1. The summed E-state index contributed by atoms with van der Waals surface area (Å²) in [6, 6.07) is 7.57. The first-order chi connectivity index (χ1) is 15.5. The molecule has 0 bridgehead atoms. The van der Waals surface area contributed by atoms with Crippen LogP contribution in [0.15, 0.2) is 35.9 Å². The molecule has 0 aromatic heterocycles. The van der Waals surface area contributed by atoms with E-state index in [1.54, 1.807) is 0 Å². The molecule has 0 spiro atoms. The van der Waals surface area contributed by atoms with E-state index >= 15 is 0 Å². The molecule has 1 saturated heterocycles. The molecule has 1 aliphatic heterocycles. The van der Waals surface area contributed by atoms with Gasteiger partial charge in [-0.15, -0.1) is 0 Å². The summed E-state index contributed by atoms with van der Waals surface area (Å²) in [4.78, 5) is 38.8. The Balaban J connectivity index is 1.75. The number of hydrogen-bond acceptors (Lipinski definition) is 4. The third-order valence-electron chi connectivity index (χ3n) is 5.76. The number of carbonyl (C=O) groups is 3. The van der Waals surface area contributed by atoms with E-state index in [0.717, 1.165) is 38.5 Å². The van der Waals surface area contributed by atoms with Gasteiger partial charge < -0.3 is 5.32 Å². The Hall–Kier alpha value is -2.08. The van der Waals surface area contributed by atoms with Crippen molar-refractivity contribution in [3.05, 3.63) is 47.0 Å². The predicted octanol–water partition coefficient (Wildman–Crippen LogP) is 5.84. The number of unbranched alkanes of at least 4 members (excludes halogenated alkanes) is 7. The number of amides is 3. The van der Waals surface area contributed by atoms with E-state index in [-0.39, 0.29) is 24.1 Å². The van der Waals surface area contributed by atoms with Crippen molar-refractivity contribution in [2.45, 2.75) is 89.7 Å². The fraction of sp³-hybridized carbons (Fsp3) is 0.577. The van der Waals surface area contributed by atoms with Crippen molar-refractivity contribution in [1.82, 2.24) is 10.2 Å². The van der Waals surface area contributed by atoms with E-state index in [1.807, 2.05) is 24.3 Å². The number of likely N-dealkylation sites (tertiary alicyclic amines) is 1. The van der Waals surface area contributed by atoms with Crippen LogP contribution in [0, 0.1) is 0 Å². The third-order valence-corrected chi connectivity index (χ3v) is 6.80. The second kappa shape index (κ2) is 14.1. The summed E-state index contributed by atoms with van der Waals surface area (Å²) in [7, 11) is 0. The normalized spacial score (nSPS) is 15.9. The van der Waals surface area contributed by atoms with Gasteiger partial charge in [-0.1, -0.05) is 89.3 Å². The lowest BCUT2D eigenvalue weighted by Gasteiger charge is -2.15. The molecule has 5 nitrogen and oxygen atoms in total. The van der Waals surface area contributed by atoms with Crippen LogP contribution in [-0.4, -0.2) is 34.4 Å². The number of carbonyl (C=O) groups excluding carboxylic acids is 3. The van der Waals surface area contributed by atoms with Crippen molar-refractivity contribution in [3.63, 3.8) is 0 Å². The van der Waals surface area contributed by atoms with Gasteiger partial charge in [-0.2, -0.15) is 0 Å². The molecule has 0 aliphatic carbocycles. The predicted molar refractivity (Wildman–Crippen MR) is 132 cm³/mol. The molecule has 3 amide bonds. The quantitative estimate of drug-likeness (QED) is 0.265. The summed E-state index contributed by atoms with van der Waals surface area (Å²) in [6.07, 6.45) is 11.5. The number of benzene rings is 1. The zero-order valence-corrected chi connectivity index (χ0v) is 20.5. The van der Waals surface area contributed by atoms with E-state index in [2.05, 4.69) is 25.7 Å². The van der Waals surface area contributed by atoms with E-state index in [0.29, 0.717) is 17.1 Å². The van der Waals surface area contributed by atoms with Crippen LogP contribution in [0.2, 0.25) is 0 Å². The van der Waals surface area contributed by atoms with E-state index < -0.39 is 5.25 Å². The minimum Gasteiger partial charge on any atom is -0.317 e. The summed E-state index contributed by atoms with van der Waals surface area (Å²) in [5.74, 6) is -0.539. The van der Waals surface area contributed by atoms with Crippen molar-refractivity contribution in [3.8, 4) is 0 Å². The lowest BCUT2D eigenvalue weighted by atomic mass is 10.1. The zero-order valence-electron chi connectivity index (χ0n) is 19.7. The largest absolute Gasteiger partial charge is 0.317 e. The third kappa shape index (κ3) is 8.45. The SMILES string of the molecule is C=C(NC(=O)c1ccc(CCCC)cc1)SC1CC(=O)N(CCCCCCCCC)C1=O. The highest BCUT2D eigenvalue weighted by Gasteiger charge is 2.39. The fourth-order valence-electron chi connectivity index (χ4n) is 3.81. The average Bonchev–Trinajstić information content (AvgIpc) is 3.04. The highest BCUT2D eigenvalue weighted by Crippen LogP contribution is 2.29. The van der Waals surface area contributed by atoms with Crippen LogP contribution in [0.1, 0.15) is 94.0 Å². The molecule has 1 atom stereocenters. The van der Waals surface area contributed by atoms with Gasteiger partial charge in [0, 0.05) is 18.5 Å². The molecular formula is C26H38N2O3S. The van der Waals surface area contributed by atoms with Crippen LogP contribution in [0.5, 0.6) is 0 Å². The number of aryl methyl sites for hydroxylation is 1. The molecule has 32 heavy (non-hydrogen) atoms. The standard InChI is InChI=1S/C26H38N2O3S/c1-4-6-8-9-10-11-12-18-28-24(29)19-23(26(28)31)32-20(3)27-25(30)22-16-14-21(15-17-22)13-7-5-2/h14-17,23H,3-13,18-19H2,1-2H3,(H,27,30). The topological polar surface area (TPSA) is 66.5 Å². The van der Waals surface area contributed by atoms with Crippen LogP contribution in [-0.2, 0) is 16.0 Å². The first kappa shape index (κ1) is 26.2. The molecule has 1 aromatic carbocycles. The maximum atomic E-state index is 12.7. The van der Waals surface area contributed by atoms with E-state index in [9.17, 15) is 14.4 Å². The van der Waals surface area contributed by atoms with Crippen molar-refractivity contribution in [2.24, 2.45) is 0 Å². The number of hydrogen-bond donors (Lipinski definition) is 1. The Bertz CT molecular complexity index is 776. The molecule has 1 aliphatic rings. The van der Waals surface area contributed by atoms with Gasteiger partial charge in [0.05, 0.1) is 10.3 Å². The number of nitrogens with zero attached hydrogens (tertiary/aromatic N) is 1. The average molecular weight is 459 g/mol. The number of rotatable bonds is 15. The molecule has 1 N–H and O–H groups in total. The molecule has 176 valence electrons. The molecule has 1 unspecified atom stereocenters. The molecule has 6 heteroatoms. The van der Waals surface area contributed by atoms with Crippen LogP contribution in [0.4, 0.5) is 0 Å². The minimum absolute atomic E-state index is 0.125. The van der Waals surface area contributed by atoms with Gasteiger partial charge in [0.2, 0.25) is 11.8 Å². The Morgan fingerprint density at radius 3 is 2.28 bits per heavy atom. The Morgan fingerprint density at radius 2 is 1.62 bits per heavy atom. The second-order valence-corrected chi connectivity index (χ2v) is 9.79. The lowest BCUT2D eigenvalue weighted by Crippen LogP contribution is -2.32. The molecule has 0 radical (unpaired) electrons. The van der Waals surface area contributed by atoms with Crippen molar-refractivity contribution in [2.75, 3.05) is 6.54 Å². The van der Waals surface area contributed by atoms with E-state index in [4.69, 9.17) is 0 Å². The zero-order chi connectivity index (χ0) is 23.3. The van der Waals surface area contributed by atoms with Gasteiger partial charge >= 0.3 is 0 Å². The van der Waals surface area contributed by atoms with Crippen LogP contribution < -0.4 is 5.32 Å². The summed E-state index contributed by atoms with van der Waals surface area (Å²) < 4.78 is 0. The van der Waals surface area contributed by atoms with Crippen LogP contribution in [0.25, 0.3) is 0 Å². The summed E-state index contributed by atoms with van der Waals surface area (Å²) >= 11 is 1.17. The summed E-state index contributed by atoms with van der Waals surface area (Å²) in [6.45, 7) is 8.73. The van der Waals surface area contributed by atoms with Gasteiger partial charge in [-0.25, -0.2) is 0 Å². The van der Waals surface area contributed by atoms with Crippen molar-refractivity contribution < 1.29 is 14.4 Å². The molecule has 1 aromatic rings. The number of thioether (sulfide) groups is 1. The van der Waals surface area contributed by atoms with Crippen molar-refractivity contribution >= 4 is 29.5 Å². The smallest absolute Gasteiger partial charge is 0.256 e. The highest BCUT2D eigenvalue weighted by atomic mass is 32.2. The number of nitrogens with one attached hydrogen (secondary N) is 1. The van der Waals surface area contributed by atoms with Crippen molar-refractivity contribution in [1.29, 1.82) is 0 Å². The van der Waals surface area contributed by atoms with Gasteiger partial charge in [-0.05, 0) is 37.0 Å². The maximum absolute atomic E-state index is 12.7. The van der Waals surface area contributed by atoms with Gasteiger partial charge in [-0.3, -0.25) is 19.3 Å². The summed E-state index contributed by atoms with van der Waals surface area (Å²) in [5, 5.41) is 2.65. The van der Waals surface area contributed by atoms with Gasteiger partial charge in [0.1, 0.15) is 0 Å². The van der Waals surface area contributed by atoms with E-state index in [1.165, 1.54) is 47.9 Å². The Kier molecular flexibility index (Phi) is 11.6. The molecular weight excluding hydrogens is 420 g/mol. The molecule has 2 rings (SSSR count). The summed E-state index contributed by atoms with van der Waals surface area (Å²) in [5.41, 5.74) is 1.77. The monoisotopic (exact) mass is 458 g/mol. The second-order valence-electron chi connectivity index (χ2n) is 8.49. The maximum Gasteiger partial charge on any atom is 0.256 e. The minimum atomic E-state index is -0.503. The Morgan fingerprint density at radius 1 is 1.00 bits per heavy atom. The fourth-order valence-corrected chi connectivity index (χ4v) is 4.76. The molecule has 1 fully saturated rings. The lowest BCUT2D eigenvalue weighted by molar-refractivity contribution is -0.138. The molecule has 0 saturated carbocycles. The van der Waals surface area contributed by atoms with Gasteiger partial charge in [0.25, 0.3) is 5.91 Å². The van der Waals surface area contributed by atoms with Gasteiger partial charge in [0.15, 0.2) is 0 Å². The highest BCUT2D eigenvalue weighted by molar-refractivity contribution is 8.04. The Labute approximate surface area is 197 Å². The molecule has 1 heterocycles. The number of imide groups is 1. The first-order valence-corrected chi connectivity index (χ1v) is 12.9. The van der Waals surface area contributed by atoms with Crippen LogP contribution >= 0.6 is 11.8 Å².